The molecule has 7 heteroatoms. The molecule has 3 aromatic rings. The van der Waals surface area contributed by atoms with E-state index in [0.29, 0.717) is 29.5 Å². The van der Waals surface area contributed by atoms with Crippen LogP contribution in [-0.4, -0.2) is 24.3 Å². The molecule has 3 aromatic carbocycles. The summed E-state index contributed by atoms with van der Waals surface area (Å²) in [4.78, 5) is 39.9. The zero-order valence-electron chi connectivity index (χ0n) is 19.9. The van der Waals surface area contributed by atoms with Crippen molar-refractivity contribution in [2.75, 3.05) is 11.9 Å². The maximum Gasteiger partial charge on any atom is 0.361 e. The fourth-order valence-electron chi connectivity index (χ4n) is 3.95. The van der Waals surface area contributed by atoms with E-state index in [-0.39, 0.29) is 11.3 Å². The third kappa shape index (κ3) is 4.94. The molecule has 1 N–H and O–H groups in total. The Balaban J connectivity index is 1.79. The highest BCUT2D eigenvalue weighted by molar-refractivity contribution is 6.28. The number of hydrogen-bond donors (Lipinski definition) is 1. The normalized spacial score (nSPS) is 13.8. The van der Waals surface area contributed by atoms with Gasteiger partial charge in [-0.2, -0.15) is 0 Å². The number of rotatable bonds is 6. The summed E-state index contributed by atoms with van der Waals surface area (Å²) in [5, 5.41) is 2.89. The Morgan fingerprint density at radius 2 is 1.60 bits per heavy atom. The standard InChI is InChI=1S/C28H25NO6/c1-5-33-20-12-10-19(11-13-20)25(30)23(24-28(32)34-22-9-7-6-8-21(22)29-24)27(31)35-26-17(3)14-16(2)15-18(26)4/h6-15,29H,5H2,1-4H3. The molecule has 0 radical (unpaired) electrons. The van der Waals surface area contributed by atoms with E-state index in [1.165, 1.54) is 12.1 Å². The Morgan fingerprint density at radius 1 is 0.943 bits per heavy atom. The van der Waals surface area contributed by atoms with E-state index in [2.05, 4.69) is 5.32 Å². The molecule has 4 rings (SSSR count). The van der Waals surface area contributed by atoms with Gasteiger partial charge in [-0.3, -0.25) is 4.79 Å². The van der Waals surface area contributed by atoms with Gasteiger partial charge in [0.1, 0.15) is 22.8 Å². The zero-order valence-corrected chi connectivity index (χ0v) is 19.9. The Morgan fingerprint density at radius 3 is 2.26 bits per heavy atom. The first-order valence-corrected chi connectivity index (χ1v) is 11.2. The van der Waals surface area contributed by atoms with Crippen molar-refractivity contribution in [1.82, 2.24) is 0 Å². The van der Waals surface area contributed by atoms with Crippen LogP contribution in [0.4, 0.5) is 5.69 Å². The van der Waals surface area contributed by atoms with Crippen LogP contribution in [0.1, 0.15) is 34.0 Å². The largest absolute Gasteiger partial charge is 0.494 e. The predicted molar refractivity (Wildman–Crippen MR) is 131 cm³/mol. The lowest BCUT2D eigenvalue weighted by Crippen LogP contribution is -2.31. The van der Waals surface area contributed by atoms with E-state index >= 15 is 0 Å². The maximum absolute atomic E-state index is 13.6. The lowest BCUT2D eigenvalue weighted by Gasteiger charge is -2.22. The number of nitrogens with one attached hydrogen (secondary N) is 1. The number of Topliss-reactive ketones (excluding diaryl/α,β-unsaturated/α-hetero) is 1. The molecule has 35 heavy (non-hydrogen) atoms. The van der Waals surface area contributed by atoms with Crippen LogP contribution in [0, 0.1) is 20.8 Å². The summed E-state index contributed by atoms with van der Waals surface area (Å²) in [6.45, 7) is 7.89. The lowest BCUT2D eigenvalue weighted by molar-refractivity contribution is -0.133. The van der Waals surface area contributed by atoms with Gasteiger partial charge in [-0.1, -0.05) is 29.8 Å². The van der Waals surface area contributed by atoms with Crippen molar-refractivity contribution in [3.05, 3.63) is 94.2 Å². The van der Waals surface area contributed by atoms with E-state index in [1.54, 1.807) is 36.4 Å². The molecule has 0 unspecified atom stereocenters. The molecule has 7 nitrogen and oxygen atoms in total. The van der Waals surface area contributed by atoms with Gasteiger partial charge in [0.25, 0.3) is 0 Å². The van der Waals surface area contributed by atoms with Crippen molar-refractivity contribution in [3.63, 3.8) is 0 Å². The topological polar surface area (TPSA) is 90.9 Å². The summed E-state index contributed by atoms with van der Waals surface area (Å²) in [7, 11) is 0. The summed E-state index contributed by atoms with van der Waals surface area (Å²) in [6.07, 6.45) is 0. The van der Waals surface area contributed by atoms with Crippen molar-refractivity contribution >= 4 is 23.4 Å². The van der Waals surface area contributed by atoms with E-state index in [1.807, 2.05) is 39.8 Å². The van der Waals surface area contributed by atoms with E-state index in [0.717, 1.165) is 16.7 Å². The number of carbonyl (C=O) groups is 3. The minimum absolute atomic E-state index is 0.193. The average Bonchev–Trinajstić information content (AvgIpc) is 2.82. The summed E-state index contributed by atoms with van der Waals surface area (Å²) in [5.41, 5.74) is 2.39. The third-order valence-electron chi connectivity index (χ3n) is 5.46. The van der Waals surface area contributed by atoms with Crippen molar-refractivity contribution in [2.45, 2.75) is 27.7 Å². The van der Waals surface area contributed by atoms with Crippen LogP contribution in [0.3, 0.4) is 0 Å². The van der Waals surface area contributed by atoms with Gasteiger partial charge in [0.05, 0.1) is 12.3 Å². The summed E-state index contributed by atoms with van der Waals surface area (Å²) in [6, 6.07) is 16.8. The van der Waals surface area contributed by atoms with Crippen molar-refractivity contribution in [2.24, 2.45) is 0 Å². The van der Waals surface area contributed by atoms with Crippen LogP contribution >= 0.6 is 0 Å². The van der Waals surface area contributed by atoms with Crippen LogP contribution in [0.5, 0.6) is 17.2 Å². The quantitative estimate of drug-likeness (QED) is 0.134. The number of fused-ring (bicyclic) bond motifs is 1. The molecular weight excluding hydrogens is 446 g/mol. The Kier molecular flexibility index (Phi) is 6.68. The lowest BCUT2D eigenvalue weighted by atomic mass is 10.00. The Bertz CT molecular complexity index is 1330. The molecule has 1 heterocycles. The first-order valence-electron chi connectivity index (χ1n) is 11.2. The number of aryl methyl sites for hydroxylation is 3. The second kappa shape index (κ2) is 9.85. The molecule has 0 saturated heterocycles. The number of anilines is 1. The molecule has 0 fully saturated rings. The highest BCUT2D eigenvalue weighted by Crippen LogP contribution is 2.33. The number of benzene rings is 3. The zero-order chi connectivity index (χ0) is 25.1. The van der Waals surface area contributed by atoms with Gasteiger partial charge in [-0.05, 0) is 75.2 Å². The first-order chi connectivity index (χ1) is 16.8. The molecular formula is C28H25NO6. The minimum atomic E-state index is -0.960. The molecule has 0 spiro atoms. The minimum Gasteiger partial charge on any atom is -0.494 e. The van der Waals surface area contributed by atoms with Gasteiger partial charge in [0.2, 0.25) is 5.78 Å². The van der Waals surface area contributed by atoms with Crippen LogP contribution in [0.15, 0.2) is 71.9 Å². The maximum atomic E-state index is 13.6. The van der Waals surface area contributed by atoms with Crippen LogP contribution in [0.2, 0.25) is 0 Å². The summed E-state index contributed by atoms with van der Waals surface area (Å²) < 4.78 is 16.5. The number of para-hydroxylation sites is 2. The molecule has 1 aliphatic rings. The van der Waals surface area contributed by atoms with Crippen LogP contribution in [-0.2, 0) is 9.59 Å². The Labute approximate surface area is 203 Å². The van der Waals surface area contributed by atoms with Gasteiger partial charge >= 0.3 is 11.9 Å². The second-order valence-electron chi connectivity index (χ2n) is 8.16. The van der Waals surface area contributed by atoms with Gasteiger partial charge in [-0.15, -0.1) is 0 Å². The monoisotopic (exact) mass is 471 g/mol. The first kappa shape index (κ1) is 23.8. The second-order valence-corrected chi connectivity index (χ2v) is 8.16. The number of ether oxygens (including phenoxy) is 3. The van der Waals surface area contributed by atoms with Crippen LogP contribution in [0.25, 0.3) is 0 Å². The molecule has 0 aliphatic carbocycles. The van der Waals surface area contributed by atoms with Crippen molar-refractivity contribution in [1.29, 1.82) is 0 Å². The van der Waals surface area contributed by atoms with Gasteiger partial charge in [0.15, 0.2) is 5.75 Å². The van der Waals surface area contributed by atoms with Gasteiger partial charge in [-0.25, -0.2) is 9.59 Å². The molecule has 1 aliphatic heterocycles. The Hall–Kier alpha value is -4.39. The molecule has 0 saturated carbocycles. The fourth-order valence-corrected chi connectivity index (χ4v) is 3.95. The summed E-state index contributed by atoms with van der Waals surface area (Å²) in [5.74, 6) is -1.28. The highest BCUT2D eigenvalue weighted by Gasteiger charge is 2.34. The van der Waals surface area contributed by atoms with Gasteiger partial charge in [0, 0.05) is 5.56 Å². The molecule has 0 bridgehead atoms. The molecule has 0 aromatic heterocycles. The molecule has 178 valence electrons. The van der Waals surface area contributed by atoms with Crippen molar-refractivity contribution < 1.29 is 28.6 Å². The number of carbonyl (C=O) groups excluding carboxylic acids is 3. The van der Waals surface area contributed by atoms with Gasteiger partial charge < -0.3 is 19.5 Å². The third-order valence-corrected chi connectivity index (χ3v) is 5.46. The number of ketones is 1. The molecule has 0 atom stereocenters. The van der Waals surface area contributed by atoms with Crippen LogP contribution < -0.4 is 19.5 Å². The predicted octanol–water partition coefficient (Wildman–Crippen LogP) is 5.08. The number of esters is 2. The smallest absolute Gasteiger partial charge is 0.361 e. The van der Waals surface area contributed by atoms with E-state index in [4.69, 9.17) is 14.2 Å². The molecule has 0 amide bonds. The summed E-state index contributed by atoms with van der Waals surface area (Å²) >= 11 is 0. The fraction of sp³-hybridized carbons (Fsp3) is 0.179. The van der Waals surface area contributed by atoms with E-state index in [9.17, 15) is 14.4 Å². The van der Waals surface area contributed by atoms with E-state index < -0.39 is 23.3 Å². The SMILES string of the molecule is CCOc1ccc(C(=O)C(C(=O)Oc2c(C)cc(C)cc2C)=C2Nc3ccccc3OC2=O)cc1. The highest BCUT2D eigenvalue weighted by atomic mass is 16.5. The average molecular weight is 472 g/mol. The van der Waals surface area contributed by atoms with Crippen molar-refractivity contribution in [3.8, 4) is 17.2 Å². The number of hydrogen-bond acceptors (Lipinski definition) is 7.